The smallest absolute Gasteiger partial charge is 0.252 e. The Morgan fingerprint density at radius 3 is 2.66 bits per heavy atom. The van der Waals surface area contributed by atoms with Gasteiger partial charge in [0, 0.05) is 24.1 Å². The van der Waals surface area contributed by atoms with Crippen molar-refractivity contribution in [3.63, 3.8) is 0 Å². The molecule has 0 atom stereocenters. The number of aromatic amines is 1. The number of carbonyl (C=O) groups is 1. The number of aromatic nitrogens is 4. The standard InChI is InChI=1S/C24H23N5O3/c30-22(13-16-7-4-5-8-16)26-21-14-19(20-11-6-12-32-20)28-29(21)24-25-18(15-23(31)27-24)17-9-2-1-3-10-17/h1-3,6,9-12,14-16H,4-5,7-8,13H2,(H,26,30)(H,25,27,31). The number of hydrogen-bond donors (Lipinski definition) is 2. The third-order valence-electron chi connectivity index (χ3n) is 5.70. The highest BCUT2D eigenvalue weighted by Crippen LogP contribution is 2.29. The number of furan rings is 1. The second-order valence-electron chi connectivity index (χ2n) is 8.03. The van der Waals surface area contributed by atoms with Crippen LogP contribution >= 0.6 is 0 Å². The van der Waals surface area contributed by atoms with Crippen molar-refractivity contribution < 1.29 is 9.21 Å². The van der Waals surface area contributed by atoms with E-state index in [-0.39, 0.29) is 17.4 Å². The van der Waals surface area contributed by atoms with Crippen molar-refractivity contribution in [3.05, 3.63) is 71.2 Å². The minimum absolute atomic E-state index is 0.0781. The summed E-state index contributed by atoms with van der Waals surface area (Å²) in [5, 5.41) is 7.51. The molecule has 3 heterocycles. The van der Waals surface area contributed by atoms with Gasteiger partial charge in [-0.15, -0.1) is 0 Å². The monoisotopic (exact) mass is 429 g/mol. The Kier molecular flexibility index (Phi) is 5.41. The van der Waals surface area contributed by atoms with Crippen molar-refractivity contribution >= 4 is 11.7 Å². The van der Waals surface area contributed by atoms with Crippen LogP contribution in [0, 0.1) is 5.92 Å². The fraction of sp³-hybridized carbons (Fsp3) is 0.250. The second-order valence-corrected chi connectivity index (χ2v) is 8.03. The topological polar surface area (TPSA) is 106 Å². The predicted molar refractivity (Wildman–Crippen MR) is 120 cm³/mol. The van der Waals surface area contributed by atoms with Gasteiger partial charge in [0.1, 0.15) is 11.5 Å². The van der Waals surface area contributed by atoms with Gasteiger partial charge >= 0.3 is 0 Å². The Balaban J connectivity index is 1.53. The van der Waals surface area contributed by atoms with E-state index in [1.54, 1.807) is 24.5 Å². The van der Waals surface area contributed by atoms with Crippen molar-refractivity contribution in [1.82, 2.24) is 19.7 Å². The fourth-order valence-electron chi connectivity index (χ4n) is 4.15. The molecule has 32 heavy (non-hydrogen) atoms. The lowest BCUT2D eigenvalue weighted by Crippen LogP contribution is -2.20. The molecule has 1 aliphatic carbocycles. The summed E-state index contributed by atoms with van der Waals surface area (Å²) in [6, 6.07) is 16.1. The highest BCUT2D eigenvalue weighted by molar-refractivity contribution is 5.90. The Morgan fingerprint density at radius 1 is 1.09 bits per heavy atom. The molecule has 1 saturated carbocycles. The van der Waals surface area contributed by atoms with Gasteiger partial charge in [-0.3, -0.25) is 14.6 Å². The van der Waals surface area contributed by atoms with Crippen molar-refractivity contribution in [2.75, 3.05) is 5.32 Å². The summed E-state index contributed by atoms with van der Waals surface area (Å²) in [5.74, 6) is 1.52. The molecule has 2 N–H and O–H groups in total. The second kappa shape index (κ2) is 8.66. The molecule has 1 aliphatic rings. The number of rotatable bonds is 6. The lowest BCUT2D eigenvalue weighted by Gasteiger charge is -2.11. The number of benzene rings is 1. The van der Waals surface area contributed by atoms with E-state index < -0.39 is 0 Å². The molecule has 1 amide bonds. The first-order valence-corrected chi connectivity index (χ1v) is 10.8. The fourth-order valence-corrected chi connectivity index (χ4v) is 4.15. The van der Waals surface area contributed by atoms with Gasteiger partial charge in [-0.2, -0.15) is 9.78 Å². The van der Waals surface area contributed by atoms with Crippen LogP contribution in [-0.4, -0.2) is 25.7 Å². The summed E-state index contributed by atoms with van der Waals surface area (Å²) >= 11 is 0. The molecule has 4 aromatic rings. The van der Waals surface area contributed by atoms with Gasteiger partial charge in [0.05, 0.1) is 12.0 Å². The molecule has 5 rings (SSSR count). The highest BCUT2D eigenvalue weighted by Gasteiger charge is 2.21. The van der Waals surface area contributed by atoms with Crippen LogP contribution in [0.15, 0.2) is 70.1 Å². The molecule has 0 radical (unpaired) electrons. The summed E-state index contributed by atoms with van der Waals surface area (Å²) in [5.41, 5.74) is 1.54. The van der Waals surface area contributed by atoms with Gasteiger partial charge < -0.3 is 9.73 Å². The van der Waals surface area contributed by atoms with E-state index in [1.165, 1.54) is 23.6 Å². The maximum absolute atomic E-state index is 12.7. The Hall–Kier alpha value is -3.94. The van der Waals surface area contributed by atoms with Gasteiger partial charge in [0.2, 0.25) is 11.9 Å². The molecule has 1 aromatic carbocycles. The van der Waals surface area contributed by atoms with Crippen LogP contribution in [0.2, 0.25) is 0 Å². The van der Waals surface area contributed by atoms with Gasteiger partial charge in [-0.1, -0.05) is 43.2 Å². The van der Waals surface area contributed by atoms with Crippen molar-refractivity contribution in [2.24, 2.45) is 5.92 Å². The molecule has 0 bridgehead atoms. The van der Waals surface area contributed by atoms with Crippen LogP contribution in [-0.2, 0) is 4.79 Å². The quantitative estimate of drug-likeness (QED) is 0.472. The first-order valence-electron chi connectivity index (χ1n) is 10.8. The molecule has 3 aromatic heterocycles. The highest BCUT2D eigenvalue weighted by atomic mass is 16.3. The van der Waals surface area contributed by atoms with Crippen molar-refractivity contribution in [3.8, 4) is 28.7 Å². The number of nitrogens with one attached hydrogen (secondary N) is 2. The van der Waals surface area contributed by atoms with E-state index in [1.807, 2.05) is 30.3 Å². The normalized spacial score (nSPS) is 14.0. The summed E-state index contributed by atoms with van der Waals surface area (Å²) in [4.78, 5) is 32.5. The average molecular weight is 429 g/mol. The Morgan fingerprint density at radius 2 is 1.91 bits per heavy atom. The van der Waals surface area contributed by atoms with Crippen molar-refractivity contribution in [1.29, 1.82) is 0 Å². The molecule has 1 fully saturated rings. The van der Waals surface area contributed by atoms with Crippen LogP contribution in [0.25, 0.3) is 28.7 Å². The van der Waals surface area contributed by atoms with E-state index in [0.29, 0.717) is 35.3 Å². The van der Waals surface area contributed by atoms with E-state index in [4.69, 9.17) is 4.42 Å². The third-order valence-corrected chi connectivity index (χ3v) is 5.70. The molecule has 0 unspecified atom stereocenters. The van der Waals surface area contributed by atoms with Crippen molar-refractivity contribution in [2.45, 2.75) is 32.1 Å². The molecule has 0 saturated heterocycles. The molecule has 8 heteroatoms. The van der Waals surface area contributed by atoms with Crippen LogP contribution in [0.1, 0.15) is 32.1 Å². The first-order chi connectivity index (χ1) is 15.7. The number of nitrogens with zero attached hydrogens (tertiary/aromatic N) is 3. The van der Waals surface area contributed by atoms with E-state index in [2.05, 4.69) is 20.4 Å². The number of carbonyl (C=O) groups excluding carboxylic acids is 1. The van der Waals surface area contributed by atoms with E-state index in [9.17, 15) is 9.59 Å². The number of amides is 1. The molecule has 8 nitrogen and oxygen atoms in total. The lowest BCUT2D eigenvalue weighted by molar-refractivity contribution is -0.117. The van der Waals surface area contributed by atoms with Crippen LogP contribution in [0.5, 0.6) is 0 Å². The molecular weight excluding hydrogens is 406 g/mol. The first kappa shape index (κ1) is 20.0. The van der Waals surface area contributed by atoms with Gasteiger partial charge in [-0.25, -0.2) is 4.98 Å². The lowest BCUT2D eigenvalue weighted by atomic mass is 10.0. The molecule has 162 valence electrons. The largest absolute Gasteiger partial charge is 0.463 e. The Bertz CT molecular complexity index is 1270. The number of anilines is 1. The van der Waals surface area contributed by atoms with Gasteiger partial charge in [0.15, 0.2) is 5.76 Å². The number of hydrogen-bond acceptors (Lipinski definition) is 5. The molecule has 0 spiro atoms. The summed E-state index contributed by atoms with van der Waals surface area (Å²) in [6.07, 6.45) is 6.54. The predicted octanol–water partition coefficient (Wildman–Crippen LogP) is 4.40. The zero-order valence-electron chi connectivity index (χ0n) is 17.5. The summed E-state index contributed by atoms with van der Waals surface area (Å²) in [6.45, 7) is 0. The van der Waals surface area contributed by atoms with Crippen LogP contribution < -0.4 is 10.9 Å². The van der Waals surface area contributed by atoms with E-state index >= 15 is 0 Å². The number of H-pyrrole nitrogens is 1. The van der Waals surface area contributed by atoms with Gasteiger partial charge in [-0.05, 0) is 30.9 Å². The zero-order valence-corrected chi connectivity index (χ0v) is 17.5. The van der Waals surface area contributed by atoms with Crippen LogP contribution in [0.3, 0.4) is 0 Å². The van der Waals surface area contributed by atoms with Crippen LogP contribution in [0.4, 0.5) is 5.82 Å². The SMILES string of the molecule is O=C(CC1CCCC1)Nc1cc(-c2ccco2)nn1-c1nc(-c2ccccc2)cc(=O)[nH]1. The third kappa shape index (κ3) is 4.25. The maximum Gasteiger partial charge on any atom is 0.252 e. The molecule has 0 aliphatic heterocycles. The van der Waals surface area contributed by atoms with E-state index in [0.717, 1.165) is 18.4 Å². The minimum atomic E-state index is -0.313. The average Bonchev–Trinajstić information content (AvgIpc) is 3.56. The minimum Gasteiger partial charge on any atom is -0.463 e. The molecular formula is C24H23N5O3. The summed E-state index contributed by atoms with van der Waals surface area (Å²) < 4.78 is 6.91. The zero-order chi connectivity index (χ0) is 21.9. The van der Waals surface area contributed by atoms with Gasteiger partial charge in [0.25, 0.3) is 5.56 Å². The Labute approximate surface area is 184 Å². The maximum atomic E-state index is 12.7. The summed E-state index contributed by atoms with van der Waals surface area (Å²) in [7, 11) is 0.